The number of hydrogen-bond acceptors (Lipinski definition) is 6. The van der Waals surface area contributed by atoms with E-state index in [-0.39, 0.29) is 17.0 Å². The molecule has 26 heavy (non-hydrogen) atoms. The number of nitrogens with one attached hydrogen (secondary N) is 1. The van der Waals surface area contributed by atoms with Crippen LogP contribution in [0, 0.1) is 0 Å². The molecule has 0 heterocycles. The Kier molecular flexibility index (Phi) is 6.21. The molecule has 2 N–H and O–H groups in total. The molecule has 0 saturated heterocycles. The van der Waals surface area contributed by atoms with Gasteiger partial charge >= 0.3 is 5.97 Å². The van der Waals surface area contributed by atoms with Gasteiger partial charge in [0.1, 0.15) is 5.75 Å². The van der Waals surface area contributed by atoms with Crippen LogP contribution in [0.25, 0.3) is 6.08 Å². The largest absolute Gasteiger partial charge is 0.506 e. The van der Waals surface area contributed by atoms with E-state index >= 15 is 0 Å². The van der Waals surface area contributed by atoms with Crippen LogP contribution in [0.2, 0.25) is 0 Å². The van der Waals surface area contributed by atoms with Gasteiger partial charge in [0.25, 0.3) is 0 Å². The summed E-state index contributed by atoms with van der Waals surface area (Å²) in [5.74, 6) is -0.121. The maximum Gasteiger partial charge on any atom is 0.337 e. The Hall–Kier alpha value is -3.48. The molecule has 1 amide bonds. The van der Waals surface area contributed by atoms with Crippen molar-refractivity contribution in [2.45, 2.75) is 0 Å². The third-order valence-corrected chi connectivity index (χ3v) is 3.51. The van der Waals surface area contributed by atoms with Gasteiger partial charge in [-0.25, -0.2) is 4.79 Å². The van der Waals surface area contributed by atoms with Crippen LogP contribution in [-0.4, -0.2) is 38.3 Å². The first-order valence-corrected chi connectivity index (χ1v) is 7.61. The van der Waals surface area contributed by atoms with E-state index in [1.807, 2.05) is 0 Å². The van der Waals surface area contributed by atoms with Crippen molar-refractivity contribution in [1.29, 1.82) is 0 Å². The Morgan fingerprint density at radius 1 is 1.00 bits per heavy atom. The van der Waals surface area contributed by atoms with Gasteiger partial charge in [-0.05, 0) is 42.0 Å². The van der Waals surface area contributed by atoms with Crippen LogP contribution in [0.4, 0.5) is 5.69 Å². The predicted molar refractivity (Wildman–Crippen MR) is 96.7 cm³/mol. The molecule has 2 aromatic carbocycles. The second-order valence-electron chi connectivity index (χ2n) is 5.16. The molecule has 136 valence electrons. The number of esters is 1. The quantitative estimate of drug-likeness (QED) is 0.469. The Morgan fingerprint density at radius 2 is 1.73 bits per heavy atom. The number of rotatable bonds is 6. The molecule has 0 aliphatic carbocycles. The van der Waals surface area contributed by atoms with E-state index in [9.17, 15) is 14.7 Å². The van der Waals surface area contributed by atoms with Crippen molar-refractivity contribution in [3.63, 3.8) is 0 Å². The summed E-state index contributed by atoms with van der Waals surface area (Å²) in [4.78, 5) is 23.4. The molecular weight excluding hydrogens is 338 g/mol. The number of carbonyl (C=O) groups is 2. The lowest BCUT2D eigenvalue weighted by Crippen LogP contribution is -2.08. The maximum absolute atomic E-state index is 12.0. The first-order chi connectivity index (χ1) is 12.5. The SMILES string of the molecule is COC(=O)c1ccc(NC(=O)/C=C/c2ccc(OC)c(OC)c2)c(O)c1. The summed E-state index contributed by atoms with van der Waals surface area (Å²) in [6.45, 7) is 0. The van der Waals surface area contributed by atoms with Gasteiger partial charge in [-0.15, -0.1) is 0 Å². The number of amides is 1. The van der Waals surface area contributed by atoms with Gasteiger partial charge in [-0.1, -0.05) is 6.07 Å². The zero-order valence-electron chi connectivity index (χ0n) is 14.6. The summed E-state index contributed by atoms with van der Waals surface area (Å²) < 4.78 is 14.9. The number of aromatic hydroxyl groups is 1. The molecule has 0 aliphatic rings. The van der Waals surface area contributed by atoms with E-state index < -0.39 is 11.9 Å². The fourth-order valence-electron chi connectivity index (χ4n) is 2.18. The van der Waals surface area contributed by atoms with Crippen LogP contribution in [-0.2, 0) is 9.53 Å². The fourth-order valence-corrected chi connectivity index (χ4v) is 2.18. The van der Waals surface area contributed by atoms with Crippen molar-refractivity contribution in [1.82, 2.24) is 0 Å². The van der Waals surface area contributed by atoms with Crippen LogP contribution in [0.5, 0.6) is 17.2 Å². The number of hydrogen-bond donors (Lipinski definition) is 2. The number of ether oxygens (including phenoxy) is 3. The van der Waals surface area contributed by atoms with Gasteiger partial charge in [0, 0.05) is 6.08 Å². The molecule has 2 rings (SSSR count). The first-order valence-electron chi connectivity index (χ1n) is 7.61. The first kappa shape index (κ1) is 18.9. The molecule has 0 spiro atoms. The van der Waals surface area contributed by atoms with Crippen molar-refractivity contribution in [2.75, 3.05) is 26.6 Å². The molecule has 0 unspecified atom stereocenters. The van der Waals surface area contributed by atoms with E-state index in [1.165, 1.54) is 38.5 Å². The Balaban J connectivity index is 2.09. The van der Waals surface area contributed by atoms with E-state index in [0.717, 1.165) is 5.56 Å². The Labute approximate surface area is 150 Å². The lowest BCUT2D eigenvalue weighted by atomic mass is 10.1. The van der Waals surface area contributed by atoms with Crippen molar-refractivity contribution < 1.29 is 28.9 Å². The van der Waals surface area contributed by atoms with E-state index in [1.54, 1.807) is 31.4 Å². The van der Waals surface area contributed by atoms with Gasteiger partial charge in [-0.3, -0.25) is 4.79 Å². The summed E-state index contributed by atoms with van der Waals surface area (Å²) in [5, 5.41) is 12.5. The predicted octanol–water partition coefficient (Wildman–Crippen LogP) is 2.85. The lowest BCUT2D eigenvalue weighted by molar-refractivity contribution is -0.111. The molecule has 0 radical (unpaired) electrons. The molecule has 0 atom stereocenters. The fraction of sp³-hybridized carbons (Fsp3) is 0.158. The topological polar surface area (TPSA) is 94.1 Å². The minimum Gasteiger partial charge on any atom is -0.506 e. The maximum atomic E-state index is 12.0. The average molecular weight is 357 g/mol. The molecule has 7 heteroatoms. The summed E-state index contributed by atoms with van der Waals surface area (Å²) >= 11 is 0. The van der Waals surface area contributed by atoms with E-state index in [2.05, 4.69) is 10.1 Å². The Bertz CT molecular complexity index is 844. The highest BCUT2D eigenvalue weighted by Gasteiger charge is 2.10. The zero-order chi connectivity index (χ0) is 19.1. The number of phenolic OH excluding ortho intramolecular Hbond substituents is 1. The molecule has 0 fully saturated rings. The second-order valence-corrected chi connectivity index (χ2v) is 5.16. The molecule has 0 saturated carbocycles. The van der Waals surface area contributed by atoms with E-state index in [0.29, 0.717) is 11.5 Å². The Morgan fingerprint density at radius 3 is 2.35 bits per heavy atom. The summed E-state index contributed by atoms with van der Waals surface area (Å²) in [5.41, 5.74) is 1.10. The van der Waals surface area contributed by atoms with Crippen molar-refractivity contribution in [2.24, 2.45) is 0 Å². The van der Waals surface area contributed by atoms with Crippen LogP contribution in [0.1, 0.15) is 15.9 Å². The lowest BCUT2D eigenvalue weighted by Gasteiger charge is -2.08. The van der Waals surface area contributed by atoms with Gasteiger partial charge < -0.3 is 24.6 Å². The number of phenols is 1. The van der Waals surface area contributed by atoms with Crippen LogP contribution in [0.15, 0.2) is 42.5 Å². The molecule has 0 bridgehead atoms. The van der Waals surface area contributed by atoms with Gasteiger partial charge in [0.05, 0.1) is 32.6 Å². The van der Waals surface area contributed by atoms with Crippen LogP contribution >= 0.6 is 0 Å². The molecule has 0 aliphatic heterocycles. The molecular formula is C19H19NO6. The van der Waals surface area contributed by atoms with Crippen LogP contribution in [0.3, 0.4) is 0 Å². The number of methoxy groups -OCH3 is 3. The third kappa shape index (κ3) is 4.54. The number of benzene rings is 2. The smallest absolute Gasteiger partial charge is 0.337 e. The van der Waals surface area contributed by atoms with Gasteiger partial charge in [-0.2, -0.15) is 0 Å². The zero-order valence-corrected chi connectivity index (χ0v) is 14.6. The summed E-state index contributed by atoms with van der Waals surface area (Å²) in [6.07, 6.45) is 2.91. The second kappa shape index (κ2) is 8.57. The minimum atomic E-state index is -0.577. The average Bonchev–Trinajstić information content (AvgIpc) is 2.66. The van der Waals surface area contributed by atoms with Crippen molar-refractivity contribution in [3.8, 4) is 17.2 Å². The summed E-state index contributed by atoms with van der Waals surface area (Å²) in [7, 11) is 4.31. The minimum absolute atomic E-state index is 0.180. The normalized spacial score (nSPS) is 10.4. The highest BCUT2D eigenvalue weighted by Crippen LogP contribution is 2.28. The van der Waals surface area contributed by atoms with Gasteiger partial charge in [0.15, 0.2) is 11.5 Å². The monoisotopic (exact) mass is 357 g/mol. The number of anilines is 1. The van der Waals surface area contributed by atoms with Crippen molar-refractivity contribution >= 4 is 23.6 Å². The highest BCUT2D eigenvalue weighted by molar-refractivity contribution is 6.03. The molecule has 0 aromatic heterocycles. The van der Waals surface area contributed by atoms with Gasteiger partial charge in [0.2, 0.25) is 5.91 Å². The summed E-state index contributed by atoms with van der Waals surface area (Å²) in [6, 6.07) is 9.31. The van der Waals surface area contributed by atoms with E-state index in [4.69, 9.17) is 9.47 Å². The standard InChI is InChI=1S/C19H19NO6/c1-24-16-8-4-12(10-17(16)25-2)5-9-18(22)20-14-7-6-13(11-15(14)21)19(23)26-3/h4-11,21H,1-3H3,(H,20,22)/b9-5+. The molecule has 2 aromatic rings. The third-order valence-electron chi connectivity index (χ3n) is 3.51. The number of carbonyl (C=O) groups excluding carboxylic acids is 2. The molecule has 7 nitrogen and oxygen atoms in total. The van der Waals surface area contributed by atoms with Crippen molar-refractivity contribution in [3.05, 3.63) is 53.6 Å². The highest BCUT2D eigenvalue weighted by atomic mass is 16.5. The van der Waals surface area contributed by atoms with Crippen LogP contribution < -0.4 is 14.8 Å².